The molecule has 1 N–H and O–H groups in total. The van der Waals surface area contributed by atoms with Crippen LogP contribution in [-0.4, -0.2) is 18.8 Å². The van der Waals surface area contributed by atoms with Crippen molar-refractivity contribution in [2.75, 3.05) is 13.2 Å². The summed E-state index contributed by atoms with van der Waals surface area (Å²) in [6.45, 7) is 9.65. The number of benzene rings is 1. The molecule has 0 radical (unpaired) electrons. The Hall–Kier alpha value is -0.930. The number of ether oxygens (including phenoxy) is 1. The fraction of sp³-hybridized carbons (Fsp3) is 0.600. The van der Waals surface area contributed by atoms with E-state index in [4.69, 9.17) is 4.74 Å². The summed E-state index contributed by atoms with van der Waals surface area (Å²) in [4.78, 5) is 0. The van der Waals surface area contributed by atoms with E-state index in [0.717, 1.165) is 18.5 Å². The zero-order chi connectivity index (χ0) is 13.6. The van der Waals surface area contributed by atoms with Crippen LogP contribution < -0.4 is 5.32 Å². The van der Waals surface area contributed by atoms with Gasteiger partial charge < -0.3 is 10.1 Å². The summed E-state index contributed by atoms with van der Waals surface area (Å²) >= 11 is 0. The first-order valence-corrected chi connectivity index (χ1v) is 6.61. The summed E-state index contributed by atoms with van der Waals surface area (Å²) in [6.07, 6.45) is 0.922. The van der Waals surface area contributed by atoms with Crippen molar-refractivity contribution in [1.29, 1.82) is 0 Å². The lowest BCUT2D eigenvalue weighted by atomic mass is 10.0. The molecule has 0 aliphatic rings. The molecule has 0 saturated heterocycles. The molecule has 1 atom stereocenters. The summed E-state index contributed by atoms with van der Waals surface area (Å²) < 4.78 is 18.9. The molecular weight excluding hydrogens is 229 g/mol. The maximum absolute atomic E-state index is 13.2. The van der Waals surface area contributed by atoms with Crippen molar-refractivity contribution in [2.45, 2.75) is 45.8 Å². The Morgan fingerprint density at radius 1 is 1.33 bits per heavy atom. The first-order valence-electron chi connectivity index (χ1n) is 6.61. The minimum atomic E-state index is -0.199. The van der Waals surface area contributed by atoms with E-state index < -0.39 is 0 Å². The summed E-state index contributed by atoms with van der Waals surface area (Å²) in [5, 5.41) is 3.45. The van der Waals surface area contributed by atoms with Crippen LogP contribution in [-0.2, 0) is 4.74 Å². The van der Waals surface area contributed by atoms with Gasteiger partial charge in [-0.1, -0.05) is 19.1 Å². The van der Waals surface area contributed by atoms with Gasteiger partial charge in [0.1, 0.15) is 5.82 Å². The van der Waals surface area contributed by atoms with Crippen LogP contribution in [0.25, 0.3) is 0 Å². The fourth-order valence-corrected chi connectivity index (χ4v) is 2.03. The molecule has 0 fully saturated rings. The molecule has 102 valence electrons. The monoisotopic (exact) mass is 253 g/mol. The van der Waals surface area contributed by atoms with Crippen molar-refractivity contribution >= 4 is 0 Å². The molecule has 0 saturated carbocycles. The zero-order valence-corrected chi connectivity index (χ0v) is 11.8. The van der Waals surface area contributed by atoms with E-state index in [1.54, 1.807) is 12.1 Å². The quantitative estimate of drug-likeness (QED) is 0.800. The smallest absolute Gasteiger partial charge is 0.123 e. The van der Waals surface area contributed by atoms with Gasteiger partial charge >= 0.3 is 0 Å². The number of hydrogen-bond donors (Lipinski definition) is 1. The summed E-state index contributed by atoms with van der Waals surface area (Å²) in [7, 11) is 0. The second kappa shape index (κ2) is 6.86. The van der Waals surface area contributed by atoms with Crippen molar-refractivity contribution in [3.05, 3.63) is 35.6 Å². The highest BCUT2D eigenvalue weighted by Crippen LogP contribution is 2.19. The fourth-order valence-electron chi connectivity index (χ4n) is 2.03. The van der Waals surface area contributed by atoms with E-state index in [2.05, 4.69) is 26.1 Å². The van der Waals surface area contributed by atoms with Crippen molar-refractivity contribution in [3.63, 3.8) is 0 Å². The molecule has 0 bridgehead atoms. The molecule has 1 aromatic rings. The average molecular weight is 253 g/mol. The second-order valence-electron chi connectivity index (χ2n) is 5.09. The van der Waals surface area contributed by atoms with Gasteiger partial charge in [-0.25, -0.2) is 4.39 Å². The van der Waals surface area contributed by atoms with E-state index in [0.29, 0.717) is 6.61 Å². The predicted molar refractivity (Wildman–Crippen MR) is 73.1 cm³/mol. The van der Waals surface area contributed by atoms with Crippen molar-refractivity contribution in [3.8, 4) is 0 Å². The SMILES string of the molecule is CCOC(C)(C)CNC(CC)c1cccc(F)c1. The Bertz CT molecular complexity index is 365. The van der Waals surface area contributed by atoms with Gasteiger partial charge in [-0.3, -0.25) is 0 Å². The maximum atomic E-state index is 13.2. The lowest BCUT2D eigenvalue weighted by Crippen LogP contribution is -2.39. The van der Waals surface area contributed by atoms with Crippen LogP contribution >= 0.6 is 0 Å². The molecule has 0 aliphatic carbocycles. The minimum absolute atomic E-state index is 0.167. The Morgan fingerprint density at radius 3 is 2.61 bits per heavy atom. The highest BCUT2D eigenvalue weighted by molar-refractivity contribution is 5.20. The third-order valence-electron chi connectivity index (χ3n) is 2.97. The largest absolute Gasteiger partial charge is 0.375 e. The average Bonchev–Trinajstić information content (AvgIpc) is 2.29. The lowest BCUT2D eigenvalue weighted by molar-refractivity contribution is -0.0107. The van der Waals surface area contributed by atoms with Crippen LogP contribution in [0.1, 0.15) is 45.7 Å². The van der Waals surface area contributed by atoms with Crippen LogP contribution in [0.5, 0.6) is 0 Å². The molecule has 1 rings (SSSR count). The van der Waals surface area contributed by atoms with Crippen LogP contribution in [0.2, 0.25) is 0 Å². The Labute approximate surface area is 110 Å². The van der Waals surface area contributed by atoms with Crippen LogP contribution in [0, 0.1) is 5.82 Å². The van der Waals surface area contributed by atoms with Gasteiger partial charge in [0.2, 0.25) is 0 Å². The van der Waals surface area contributed by atoms with Gasteiger partial charge in [-0.05, 0) is 44.9 Å². The third kappa shape index (κ3) is 4.75. The van der Waals surface area contributed by atoms with Crippen LogP contribution in [0.3, 0.4) is 0 Å². The first kappa shape index (κ1) is 15.1. The molecule has 1 aromatic carbocycles. The Morgan fingerprint density at radius 2 is 2.06 bits per heavy atom. The van der Waals surface area contributed by atoms with Crippen molar-refractivity contribution < 1.29 is 9.13 Å². The van der Waals surface area contributed by atoms with Gasteiger partial charge in [0.05, 0.1) is 5.60 Å². The van der Waals surface area contributed by atoms with Crippen LogP contribution in [0.4, 0.5) is 4.39 Å². The van der Waals surface area contributed by atoms with Gasteiger partial charge in [-0.15, -0.1) is 0 Å². The molecule has 0 aromatic heterocycles. The Kier molecular flexibility index (Phi) is 5.76. The van der Waals surface area contributed by atoms with Gasteiger partial charge in [-0.2, -0.15) is 0 Å². The van der Waals surface area contributed by atoms with Gasteiger partial charge in [0, 0.05) is 19.2 Å². The third-order valence-corrected chi connectivity index (χ3v) is 2.97. The number of nitrogens with one attached hydrogen (secondary N) is 1. The van der Waals surface area contributed by atoms with Gasteiger partial charge in [0.15, 0.2) is 0 Å². The van der Waals surface area contributed by atoms with Crippen LogP contribution in [0.15, 0.2) is 24.3 Å². The molecule has 18 heavy (non-hydrogen) atoms. The standard InChI is InChI=1S/C15H24FNO/c1-5-14(12-8-7-9-13(16)10-12)17-11-15(3,4)18-6-2/h7-10,14,17H,5-6,11H2,1-4H3. The maximum Gasteiger partial charge on any atom is 0.123 e. The molecule has 0 amide bonds. The minimum Gasteiger partial charge on any atom is -0.375 e. The van der Waals surface area contributed by atoms with Gasteiger partial charge in [0.25, 0.3) is 0 Å². The molecule has 0 spiro atoms. The second-order valence-corrected chi connectivity index (χ2v) is 5.09. The molecule has 3 heteroatoms. The van der Waals surface area contributed by atoms with E-state index in [1.807, 2.05) is 13.0 Å². The summed E-state index contributed by atoms with van der Waals surface area (Å²) in [6, 6.07) is 6.94. The van der Waals surface area contributed by atoms with Crippen molar-refractivity contribution in [1.82, 2.24) is 5.32 Å². The van der Waals surface area contributed by atoms with Crippen molar-refractivity contribution in [2.24, 2.45) is 0 Å². The highest BCUT2D eigenvalue weighted by Gasteiger charge is 2.19. The lowest BCUT2D eigenvalue weighted by Gasteiger charge is -2.28. The van der Waals surface area contributed by atoms with E-state index >= 15 is 0 Å². The number of rotatable bonds is 7. The highest BCUT2D eigenvalue weighted by atomic mass is 19.1. The summed E-state index contributed by atoms with van der Waals surface area (Å²) in [5.74, 6) is -0.184. The molecule has 2 nitrogen and oxygen atoms in total. The van der Waals surface area contributed by atoms with E-state index in [1.165, 1.54) is 6.07 Å². The van der Waals surface area contributed by atoms with E-state index in [-0.39, 0.29) is 17.5 Å². The molecule has 1 unspecified atom stereocenters. The number of halogens is 1. The van der Waals surface area contributed by atoms with E-state index in [9.17, 15) is 4.39 Å². The normalized spacial score (nSPS) is 13.6. The zero-order valence-electron chi connectivity index (χ0n) is 11.8. The first-order chi connectivity index (χ1) is 8.48. The summed E-state index contributed by atoms with van der Waals surface area (Å²) in [5.41, 5.74) is 0.792. The molecule has 0 heterocycles. The predicted octanol–water partition coefficient (Wildman–Crippen LogP) is 3.68. The molecular formula is C15H24FNO. The molecule has 0 aliphatic heterocycles. The topological polar surface area (TPSA) is 21.3 Å². The number of hydrogen-bond acceptors (Lipinski definition) is 2. The Balaban J connectivity index is 2.63.